The smallest absolute Gasteiger partial charge is 0.278 e. The first-order valence-corrected chi connectivity index (χ1v) is 6.68. The second-order valence-corrected chi connectivity index (χ2v) is 5.12. The van der Waals surface area contributed by atoms with Crippen LogP contribution in [0, 0.1) is 0 Å². The average molecular weight is 303 g/mol. The van der Waals surface area contributed by atoms with E-state index >= 15 is 0 Å². The van der Waals surface area contributed by atoms with E-state index in [-0.39, 0.29) is 24.3 Å². The van der Waals surface area contributed by atoms with Crippen molar-refractivity contribution < 1.29 is 14.9 Å². The Kier molecular flexibility index (Phi) is 4.63. The summed E-state index contributed by atoms with van der Waals surface area (Å²) in [6.07, 6.45) is 0.131. The van der Waals surface area contributed by atoms with Gasteiger partial charge in [-0.2, -0.15) is 0 Å². The zero-order chi connectivity index (χ0) is 13.8. The summed E-state index contributed by atoms with van der Waals surface area (Å²) < 4.78 is 0. The molecule has 0 unspecified atom stereocenters. The quantitative estimate of drug-likeness (QED) is 0.755. The van der Waals surface area contributed by atoms with Gasteiger partial charge in [-0.05, 0) is 18.2 Å². The van der Waals surface area contributed by atoms with Crippen molar-refractivity contribution in [1.82, 2.24) is 5.32 Å². The van der Waals surface area contributed by atoms with E-state index in [4.69, 9.17) is 23.2 Å². The average Bonchev–Trinajstić information content (AvgIpc) is 2.37. The predicted octanol–water partition coefficient (Wildman–Crippen LogP) is 0.384. The molecule has 4 N–H and O–H groups in total. The molecule has 7 heteroatoms. The molecular weight excluding hydrogens is 289 g/mol. The molecule has 0 radical (unpaired) electrons. The first kappa shape index (κ1) is 14.1. The van der Waals surface area contributed by atoms with E-state index in [9.17, 15) is 9.59 Å². The fraction of sp³-hybridized carbons (Fsp3) is 0.333. The minimum absolute atomic E-state index is 0.101. The number of nitrogens with one attached hydrogen (secondary N) is 2. The molecule has 5 nitrogen and oxygen atoms in total. The van der Waals surface area contributed by atoms with Crippen LogP contribution in [0.1, 0.15) is 6.42 Å². The summed E-state index contributed by atoms with van der Waals surface area (Å²) in [5.74, 6) is -0.327. The molecule has 1 atom stereocenters. The van der Waals surface area contributed by atoms with Crippen LogP contribution in [0.2, 0.25) is 10.0 Å². The molecule has 2 rings (SSSR count). The Bertz CT molecular complexity index is 508. The van der Waals surface area contributed by atoms with E-state index in [1.807, 2.05) is 5.32 Å². The number of carbonyl (C=O) groups is 2. The van der Waals surface area contributed by atoms with Gasteiger partial charge in [-0.1, -0.05) is 23.2 Å². The monoisotopic (exact) mass is 302 g/mol. The largest absolute Gasteiger partial charge is 0.345 e. The number of rotatable bonds is 3. The Labute approximate surface area is 120 Å². The molecule has 0 spiro atoms. The molecule has 2 amide bonds. The van der Waals surface area contributed by atoms with Crippen molar-refractivity contribution in [1.29, 1.82) is 0 Å². The molecule has 0 aromatic heterocycles. The summed E-state index contributed by atoms with van der Waals surface area (Å²) in [7, 11) is 0. The minimum Gasteiger partial charge on any atom is -0.345 e. The van der Waals surface area contributed by atoms with Crippen molar-refractivity contribution in [3.05, 3.63) is 28.2 Å². The van der Waals surface area contributed by atoms with Crippen molar-refractivity contribution in [2.75, 3.05) is 18.4 Å². The van der Waals surface area contributed by atoms with E-state index < -0.39 is 0 Å². The van der Waals surface area contributed by atoms with E-state index in [1.54, 1.807) is 18.2 Å². The number of hydrogen-bond acceptors (Lipinski definition) is 2. The van der Waals surface area contributed by atoms with E-state index in [1.165, 1.54) is 0 Å². The molecule has 1 aromatic carbocycles. The third-order valence-electron chi connectivity index (χ3n) is 2.84. The van der Waals surface area contributed by atoms with Gasteiger partial charge in [0.1, 0.15) is 0 Å². The van der Waals surface area contributed by atoms with E-state index in [0.29, 0.717) is 22.3 Å². The van der Waals surface area contributed by atoms with E-state index in [0.717, 1.165) is 6.54 Å². The maximum absolute atomic E-state index is 11.8. The van der Waals surface area contributed by atoms with Crippen LogP contribution in [-0.4, -0.2) is 30.9 Å². The van der Waals surface area contributed by atoms with Crippen LogP contribution in [0.3, 0.4) is 0 Å². The van der Waals surface area contributed by atoms with Gasteiger partial charge in [-0.3, -0.25) is 9.59 Å². The Balaban J connectivity index is 1.93. The molecule has 0 aliphatic carbocycles. The second-order valence-electron chi connectivity index (χ2n) is 4.30. The van der Waals surface area contributed by atoms with E-state index in [2.05, 4.69) is 10.6 Å². The highest BCUT2D eigenvalue weighted by atomic mass is 35.5. The summed E-state index contributed by atoms with van der Waals surface area (Å²) in [6.45, 7) is 1.43. The predicted molar refractivity (Wildman–Crippen MR) is 73.3 cm³/mol. The number of halogens is 2. The van der Waals surface area contributed by atoms with Gasteiger partial charge in [0.05, 0.1) is 29.6 Å². The maximum atomic E-state index is 11.8. The normalized spacial score (nSPS) is 18.8. The zero-order valence-corrected chi connectivity index (χ0v) is 11.6. The van der Waals surface area contributed by atoms with Crippen LogP contribution >= 0.6 is 23.2 Å². The standard InChI is InChI=1S/C12H13Cl2N3O2/c13-8-2-1-7(5-9(8)14)17-11(18)6-10-12(19)16-4-3-15-10/h1-2,5,10,15H,3-4,6H2,(H,16,19)(H,17,18)/p+1/t10-/m0/s1. The second kappa shape index (κ2) is 6.23. The summed E-state index contributed by atoms with van der Waals surface area (Å²) >= 11 is 11.6. The van der Waals surface area contributed by atoms with Crippen LogP contribution in [0.5, 0.6) is 0 Å². The zero-order valence-electron chi connectivity index (χ0n) is 10.1. The van der Waals surface area contributed by atoms with Gasteiger partial charge in [0.2, 0.25) is 5.91 Å². The van der Waals surface area contributed by atoms with Gasteiger partial charge in [0.15, 0.2) is 6.04 Å². The first-order chi connectivity index (χ1) is 9.06. The lowest BCUT2D eigenvalue weighted by atomic mass is 10.1. The van der Waals surface area contributed by atoms with Gasteiger partial charge in [0.25, 0.3) is 5.91 Å². The number of anilines is 1. The number of quaternary nitrogens is 1. The van der Waals surface area contributed by atoms with Crippen LogP contribution in [0.15, 0.2) is 18.2 Å². The number of hydrogen-bond donors (Lipinski definition) is 3. The highest BCUT2D eigenvalue weighted by Gasteiger charge is 2.27. The number of piperazine rings is 1. The topological polar surface area (TPSA) is 74.8 Å². The van der Waals surface area contributed by atoms with Gasteiger partial charge in [0, 0.05) is 5.69 Å². The van der Waals surface area contributed by atoms with Gasteiger partial charge in [-0.25, -0.2) is 0 Å². The number of benzene rings is 1. The summed E-state index contributed by atoms with van der Waals surface area (Å²) in [5.41, 5.74) is 0.565. The van der Waals surface area contributed by atoms with Crippen molar-refractivity contribution in [2.24, 2.45) is 0 Å². The SMILES string of the molecule is O=C(C[C@@H]1[NH2+]CCNC1=O)Nc1ccc(Cl)c(Cl)c1. The molecule has 102 valence electrons. The highest BCUT2D eigenvalue weighted by Crippen LogP contribution is 2.25. The first-order valence-electron chi connectivity index (χ1n) is 5.92. The lowest BCUT2D eigenvalue weighted by Crippen LogP contribution is -2.96. The molecule has 1 heterocycles. The van der Waals surface area contributed by atoms with Crippen LogP contribution in [0.4, 0.5) is 5.69 Å². The Morgan fingerprint density at radius 3 is 2.89 bits per heavy atom. The number of amides is 2. The number of carbonyl (C=O) groups excluding carboxylic acids is 2. The molecule has 1 aliphatic heterocycles. The Morgan fingerprint density at radius 1 is 1.42 bits per heavy atom. The van der Waals surface area contributed by atoms with Crippen molar-refractivity contribution in [3.8, 4) is 0 Å². The molecule has 0 saturated carbocycles. The molecule has 0 bridgehead atoms. The number of nitrogens with two attached hydrogens (primary N) is 1. The molecule has 1 saturated heterocycles. The van der Waals surface area contributed by atoms with Crippen LogP contribution in [0.25, 0.3) is 0 Å². The van der Waals surface area contributed by atoms with Crippen molar-refractivity contribution in [2.45, 2.75) is 12.5 Å². The van der Waals surface area contributed by atoms with Gasteiger partial charge < -0.3 is 16.0 Å². The van der Waals surface area contributed by atoms with Crippen molar-refractivity contribution >= 4 is 40.7 Å². The molecule has 1 fully saturated rings. The third kappa shape index (κ3) is 3.83. The van der Waals surface area contributed by atoms with Crippen LogP contribution in [-0.2, 0) is 9.59 Å². The Hall–Kier alpha value is -1.30. The van der Waals surface area contributed by atoms with Gasteiger partial charge >= 0.3 is 0 Å². The highest BCUT2D eigenvalue weighted by molar-refractivity contribution is 6.42. The molecule has 1 aliphatic rings. The fourth-order valence-electron chi connectivity index (χ4n) is 1.88. The fourth-order valence-corrected chi connectivity index (χ4v) is 2.18. The maximum Gasteiger partial charge on any atom is 0.278 e. The molecule has 1 aromatic rings. The lowest BCUT2D eigenvalue weighted by molar-refractivity contribution is -0.678. The summed E-state index contributed by atoms with van der Waals surface area (Å²) in [5, 5.41) is 8.10. The Morgan fingerprint density at radius 2 is 2.21 bits per heavy atom. The molecular formula is C12H14Cl2N3O2+. The summed E-state index contributed by atoms with van der Waals surface area (Å²) in [4.78, 5) is 23.4. The lowest BCUT2D eigenvalue weighted by Gasteiger charge is -2.19. The van der Waals surface area contributed by atoms with Crippen molar-refractivity contribution in [3.63, 3.8) is 0 Å². The minimum atomic E-state index is -0.364. The van der Waals surface area contributed by atoms with Crippen LogP contribution < -0.4 is 16.0 Å². The molecule has 19 heavy (non-hydrogen) atoms. The third-order valence-corrected chi connectivity index (χ3v) is 3.58. The van der Waals surface area contributed by atoms with Gasteiger partial charge in [-0.15, -0.1) is 0 Å². The summed E-state index contributed by atoms with van der Waals surface area (Å²) in [6, 6.07) is 4.49.